The van der Waals surface area contributed by atoms with Gasteiger partial charge >= 0.3 is 0 Å². The molecule has 2 N–H and O–H groups in total. The van der Waals surface area contributed by atoms with Gasteiger partial charge in [0.15, 0.2) is 0 Å². The Morgan fingerprint density at radius 2 is 1.55 bits per heavy atom. The molecule has 1 heterocycles. The molecule has 0 aliphatic carbocycles. The van der Waals surface area contributed by atoms with Crippen LogP contribution in [0.1, 0.15) is 37.7 Å². The SMILES string of the molecule is NC(=O)CCCC(=O)N(c1ccccc1)C1CCN(CCc2ccccc2)CC1. The molecule has 0 unspecified atom stereocenters. The first-order valence-electron chi connectivity index (χ1n) is 10.5. The molecular weight excluding hydrogens is 362 g/mol. The van der Waals surface area contributed by atoms with Crippen LogP contribution < -0.4 is 10.6 Å². The number of amides is 2. The summed E-state index contributed by atoms with van der Waals surface area (Å²) >= 11 is 0. The highest BCUT2D eigenvalue weighted by molar-refractivity contribution is 5.94. The summed E-state index contributed by atoms with van der Waals surface area (Å²) in [6.45, 7) is 3.04. The predicted molar refractivity (Wildman–Crippen MR) is 117 cm³/mol. The third-order valence-electron chi connectivity index (χ3n) is 5.60. The van der Waals surface area contributed by atoms with Crippen LogP contribution in [0.3, 0.4) is 0 Å². The number of piperidine rings is 1. The molecule has 1 aliphatic heterocycles. The summed E-state index contributed by atoms with van der Waals surface area (Å²) in [5.41, 5.74) is 7.53. The number of likely N-dealkylation sites (tertiary alicyclic amines) is 1. The number of nitrogens with zero attached hydrogens (tertiary/aromatic N) is 2. The number of nitrogens with two attached hydrogens (primary N) is 1. The Labute approximate surface area is 173 Å². The van der Waals surface area contributed by atoms with Crippen molar-refractivity contribution in [2.24, 2.45) is 5.73 Å². The molecule has 0 atom stereocenters. The van der Waals surface area contributed by atoms with E-state index in [0.717, 1.165) is 44.6 Å². The van der Waals surface area contributed by atoms with Crippen LogP contribution in [0.2, 0.25) is 0 Å². The Hall–Kier alpha value is -2.66. The van der Waals surface area contributed by atoms with Crippen LogP contribution in [0.4, 0.5) is 5.69 Å². The van der Waals surface area contributed by atoms with Crippen LogP contribution in [0.25, 0.3) is 0 Å². The smallest absolute Gasteiger partial charge is 0.227 e. The summed E-state index contributed by atoms with van der Waals surface area (Å²) in [6, 6.07) is 20.7. The van der Waals surface area contributed by atoms with E-state index in [1.807, 2.05) is 41.3 Å². The topological polar surface area (TPSA) is 66.6 Å². The molecule has 3 rings (SSSR count). The molecule has 0 aromatic heterocycles. The fraction of sp³-hybridized carbons (Fsp3) is 0.417. The lowest BCUT2D eigenvalue weighted by molar-refractivity contribution is -0.120. The van der Waals surface area contributed by atoms with Gasteiger partial charge in [-0.1, -0.05) is 48.5 Å². The number of benzene rings is 2. The minimum Gasteiger partial charge on any atom is -0.370 e. The number of hydrogen-bond donors (Lipinski definition) is 1. The molecule has 29 heavy (non-hydrogen) atoms. The number of rotatable bonds is 9. The molecule has 5 heteroatoms. The quantitative estimate of drug-likeness (QED) is 0.710. The Balaban J connectivity index is 1.57. The van der Waals surface area contributed by atoms with Crippen molar-refractivity contribution in [3.63, 3.8) is 0 Å². The predicted octanol–water partition coefficient (Wildman–Crippen LogP) is 3.38. The first kappa shape index (κ1) is 21.1. The van der Waals surface area contributed by atoms with Crippen molar-refractivity contribution in [2.45, 2.75) is 44.6 Å². The van der Waals surface area contributed by atoms with Gasteiger partial charge in [0, 0.05) is 44.2 Å². The summed E-state index contributed by atoms with van der Waals surface area (Å²) in [5, 5.41) is 0. The van der Waals surface area contributed by atoms with Crippen molar-refractivity contribution in [1.29, 1.82) is 0 Å². The molecular formula is C24H31N3O2. The molecule has 1 fully saturated rings. The third kappa shape index (κ3) is 6.43. The molecule has 2 aromatic rings. The number of hydrogen-bond acceptors (Lipinski definition) is 3. The second kappa shape index (κ2) is 10.8. The van der Waals surface area contributed by atoms with Crippen molar-refractivity contribution >= 4 is 17.5 Å². The minimum atomic E-state index is -0.351. The summed E-state index contributed by atoms with van der Waals surface area (Å²) in [7, 11) is 0. The van der Waals surface area contributed by atoms with Crippen LogP contribution in [0.5, 0.6) is 0 Å². The van der Waals surface area contributed by atoms with Gasteiger partial charge in [-0.2, -0.15) is 0 Å². The highest BCUT2D eigenvalue weighted by atomic mass is 16.2. The molecule has 0 radical (unpaired) electrons. The van der Waals surface area contributed by atoms with Crippen LogP contribution in [0.15, 0.2) is 60.7 Å². The summed E-state index contributed by atoms with van der Waals surface area (Å²) in [5.74, 6) is -0.268. The van der Waals surface area contributed by atoms with E-state index >= 15 is 0 Å². The van der Waals surface area contributed by atoms with Crippen LogP contribution in [-0.4, -0.2) is 42.4 Å². The Bertz CT molecular complexity index is 771. The largest absolute Gasteiger partial charge is 0.370 e. The average Bonchev–Trinajstić information content (AvgIpc) is 2.75. The summed E-state index contributed by atoms with van der Waals surface area (Å²) in [4.78, 5) is 28.4. The van der Waals surface area contributed by atoms with Gasteiger partial charge in [0.1, 0.15) is 0 Å². The van der Waals surface area contributed by atoms with E-state index < -0.39 is 0 Å². The lowest BCUT2D eigenvalue weighted by Crippen LogP contribution is -2.48. The lowest BCUT2D eigenvalue weighted by Gasteiger charge is -2.38. The summed E-state index contributed by atoms with van der Waals surface area (Å²) in [6.07, 6.45) is 4.10. The third-order valence-corrected chi connectivity index (χ3v) is 5.60. The Morgan fingerprint density at radius 3 is 2.17 bits per heavy atom. The molecule has 0 saturated carbocycles. The van der Waals surface area contributed by atoms with Gasteiger partial charge in [-0.3, -0.25) is 9.59 Å². The maximum absolute atomic E-state index is 13.0. The van der Waals surface area contributed by atoms with Crippen molar-refractivity contribution in [1.82, 2.24) is 4.90 Å². The molecule has 2 aromatic carbocycles. The molecule has 0 spiro atoms. The zero-order chi connectivity index (χ0) is 20.5. The minimum absolute atomic E-state index is 0.0835. The van der Waals surface area contributed by atoms with Gasteiger partial charge in [-0.25, -0.2) is 0 Å². The van der Waals surface area contributed by atoms with Crippen molar-refractivity contribution in [3.8, 4) is 0 Å². The van der Waals surface area contributed by atoms with Gasteiger partial charge in [-0.15, -0.1) is 0 Å². The average molecular weight is 394 g/mol. The van der Waals surface area contributed by atoms with Crippen molar-refractivity contribution in [2.75, 3.05) is 24.5 Å². The highest BCUT2D eigenvalue weighted by Gasteiger charge is 2.28. The fourth-order valence-electron chi connectivity index (χ4n) is 4.01. The van der Waals surface area contributed by atoms with Crippen molar-refractivity contribution in [3.05, 3.63) is 66.2 Å². The van der Waals surface area contributed by atoms with Gasteiger partial charge in [0.2, 0.25) is 11.8 Å². The van der Waals surface area contributed by atoms with E-state index in [2.05, 4.69) is 29.2 Å². The number of para-hydroxylation sites is 1. The second-order valence-electron chi connectivity index (χ2n) is 7.73. The summed E-state index contributed by atoms with van der Waals surface area (Å²) < 4.78 is 0. The molecule has 2 amide bonds. The lowest BCUT2D eigenvalue weighted by atomic mass is 10.0. The van der Waals surface area contributed by atoms with E-state index in [1.54, 1.807) is 0 Å². The maximum atomic E-state index is 13.0. The highest BCUT2D eigenvalue weighted by Crippen LogP contribution is 2.25. The number of carbonyl (C=O) groups excluding carboxylic acids is 2. The second-order valence-corrected chi connectivity index (χ2v) is 7.73. The van der Waals surface area contributed by atoms with Gasteiger partial charge in [0.25, 0.3) is 0 Å². The first-order chi connectivity index (χ1) is 14.1. The molecule has 1 saturated heterocycles. The molecule has 5 nitrogen and oxygen atoms in total. The van der Waals surface area contributed by atoms with E-state index in [0.29, 0.717) is 12.8 Å². The Morgan fingerprint density at radius 1 is 0.931 bits per heavy atom. The van der Waals surface area contributed by atoms with Gasteiger partial charge in [-0.05, 0) is 43.4 Å². The first-order valence-corrected chi connectivity index (χ1v) is 10.5. The van der Waals surface area contributed by atoms with E-state index in [9.17, 15) is 9.59 Å². The van der Waals surface area contributed by atoms with Crippen molar-refractivity contribution < 1.29 is 9.59 Å². The van der Waals surface area contributed by atoms with E-state index in [4.69, 9.17) is 5.73 Å². The Kier molecular flexibility index (Phi) is 7.82. The number of anilines is 1. The molecule has 0 bridgehead atoms. The van der Waals surface area contributed by atoms with E-state index in [1.165, 1.54) is 5.56 Å². The van der Waals surface area contributed by atoms with Gasteiger partial charge < -0.3 is 15.5 Å². The van der Waals surface area contributed by atoms with E-state index in [-0.39, 0.29) is 24.3 Å². The molecule has 154 valence electrons. The van der Waals surface area contributed by atoms with Crippen LogP contribution >= 0.6 is 0 Å². The standard InChI is InChI=1S/C24H31N3O2/c25-23(28)12-7-13-24(29)27(21-10-5-2-6-11-21)22-15-18-26(19-16-22)17-14-20-8-3-1-4-9-20/h1-6,8-11,22H,7,12-19H2,(H2,25,28). The number of carbonyl (C=O) groups is 2. The fourth-order valence-corrected chi connectivity index (χ4v) is 4.01. The monoisotopic (exact) mass is 393 g/mol. The molecule has 1 aliphatic rings. The van der Waals surface area contributed by atoms with Crippen LogP contribution in [0, 0.1) is 0 Å². The maximum Gasteiger partial charge on any atom is 0.227 e. The normalized spacial score (nSPS) is 15.2. The zero-order valence-corrected chi connectivity index (χ0v) is 17.0. The van der Waals surface area contributed by atoms with Crippen LogP contribution in [-0.2, 0) is 16.0 Å². The zero-order valence-electron chi connectivity index (χ0n) is 17.0. The number of primary amides is 1. The van der Waals surface area contributed by atoms with Gasteiger partial charge in [0.05, 0.1) is 0 Å².